The Morgan fingerprint density at radius 2 is 0.574 bits per heavy atom. The smallest absolute Gasteiger partial charge is 0.0991 e. The molecule has 68 heavy (non-hydrogen) atoms. The number of hydrogen-bond acceptors (Lipinski definition) is 4. The Kier molecular flexibility index (Phi) is 9.27. The van der Waals surface area contributed by atoms with E-state index in [0.717, 1.165) is 110 Å². The van der Waals surface area contributed by atoms with Gasteiger partial charge in [0.05, 0.1) is 80.3 Å². The monoisotopic (exact) mass is 862 g/mol. The second kappa shape index (κ2) is 15.9. The lowest BCUT2D eigenvalue weighted by molar-refractivity contribution is 1.15. The van der Waals surface area contributed by atoms with Gasteiger partial charge < -0.3 is 9.13 Å². The summed E-state index contributed by atoms with van der Waals surface area (Å²) < 4.78 is 4.68. The van der Waals surface area contributed by atoms with Gasteiger partial charge in [-0.1, -0.05) is 133 Å². The molecule has 2 heterocycles. The first-order chi connectivity index (χ1) is 33.6. The molecule has 12 rings (SSSR count). The topological polar surface area (TPSA) is 105 Å². The van der Waals surface area contributed by atoms with Crippen LogP contribution in [0.15, 0.2) is 206 Å². The third-order valence-electron chi connectivity index (χ3n) is 13.2. The molecule has 0 amide bonds. The fourth-order valence-electron chi connectivity index (χ4n) is 10.4. The minimum atomic E-state index is 0.551. The van der Waals surface area contributed by atoms with Gasteiger partial charge in [-0.15, -0.1) is 0 Å². The summed E-state index contributed by atoms with van der Waals surface area (Å²) in [5.41, 5.74) is 13.5. The molecule has 0 fully saturated rings. The minimum Gasteiger partial charge on any atom is -0.308 e. The van der Waals surface area contributed by atoms with E-state index in [1.54, 1.807) is 0 Å². The average molecular weight is 863 g/mol. The highest BCUT2D eigenvalue weighted by molar-refractivity contribution is 6.23. The van der Waals surface area contributed by atoms with Crippen LogP contribution in [0.25, 0.3) is 110 Å². The summed E-state index contributed by atoms with van der Waals surface area (Å²) in [7, 11) is 0. The first-order valence-corrected chi connectivity index (χ1v) is 22.2. The van der Waals surface area contributed by atoms with E-state index in [1.807, 2.05) is 72.8 Å². The van der Waals surface area contributed by atoms with Crippen LogP contribution in [0, 0.1) is 45.3 Å². The normalized spacial score (nSPS) is 11.2. The molecule has 6 heteroatoms. The van der Waals surface area contributed by atoms with Crippen LogP contribution in [0.2, 0.25) is 0 Å². The third kappa shape index (κ3) is 6.15. The Labute approximate surface area is 391 Å². The van der Waals surface area contributed by atoms with Crippen molar-refractivity contribution >= 4 is 54.1 Å². The molecule has 6 nitrogen and oxygen atoms in total. The van der Waals surface area contributed by atoms with E-state index in [9.17, 15) is 21.0 Å². The van der Waals surface area contributed by atoms with Gasteiger partial charge in [-0.05, 0) is 105 Å². The largest absolute Gasteiger partial charge is 0.308 e. The van der Waals surface area contributed by atoms with Crippen molar-refractivity contribution in [1.29, 1.82) is 21.0 Å². The number of aromatic nitrogens is 2. The van der Waals surface area contributed by atoms with Gasteiger partial charge in [-0.25, -0.2) is 0 Å². The molecule has 0 aliphatic rings. The van der Waals surface area contributed by atoms with Crippen LogP contribution in [-0.2, 0) is 0 Å². The van der Waals surface area contributed by atoms with Gasteiger partial charge in [0.2, 0.25) is 0 Å². The van der Waals surface area contributed by atoms with Gasteiger partial charge >= 0.3 is 0 Å². The molecule has 0 radical (unpaired) electrons. The predicted molar refractivity (Wildman–Crippen MR) is 273 cm³/mol. The fraction of sp³-hybridized carbons (Fsp3) is 0. The maximum absolute atomic E-state index is 10.2. The minimum absolute atomic E-state index is 0.551. The first kappa shape index (κ1) is 39.6. The van der Waals surface area contributed by atoms with Gasteiger partial charge in [0.25, 0.3) is 0 Å². The van der Waals surface area contributed by atoms with Crippen LogP contribution >= 0.6 is 0 Å². The van der Waals surface area contributed by atoms with Gasteiger partial charge in [-0.2, -0.15) is 21.0 Å². The second-order valence-corrected chi connectivity index (χ2v) is 16.9. The molecule has 0 saturated heterocycles. The lowest BCUT2D eigenvalue weighted by Gasteiger charge is -2.21. The lowest BCUT2D eigenvalue weighted by Crippen LogP contribution is -2.02. The summed E-state index contributed by atoms with van der Waals surface area (Å²) in [5, 5.41) is 48.8. The van der Waals surface area contributed by atoms with E-state index in [-0.39, 0.29) is 0 Å². The number of para-hydroxylation sites is 2. The highest BCUT2D eigenvalue weighted by atomic mass is 15.0. The zero-order valence-electron chi connectivity index (χ0n) is 36.3. The molecule has 0 atom stereocenters. The van der Waals surface area contributed by atoms with Crippen LogP contribution in [0.4, 0.5) is 0 Å². The zero-order chi connectivity index (χ0) is 45.9. The first-order valence-electron chi connectivity index (χ1n) is 22.2. The predicted octanol–water partition coefficient (Wildman–Crippen LogP) is 15.2. The van der Waals surface area contributed by atoms with Gasteiger partial charge in [0, 0.05) is 43.8 Å². The van der Waals surface area contributed by atoms with Crippen molar-refractivity contribution in [3.05, 3.63) is 229 Å². The van der Waals surface area contributed by atoms with Gasteiger partial charge in [-0.3, -0.25) is 0 Å². The van der Waals surface area contributed by atoms with Crippen molar-refractivity contribution in [2.75, 3.05) is 0 Å². The summed E-state index contributed by atoms with van der Waals surface area (Å²) in [6, 6.07) is 79.0. The summed E-state index contributed by atoms with van der Waals surface area (Å²) >= 11 is 0. The van der Waals surface area contributed by atoms with Crippen molar-refractivity contribution < 1.29 is 0 Å². The van der Waals surface area contributed by atoms with Crippen LogP contribution < -0.4 is 0 Å². The number of nitrogens with zero attached hydrogens (tertiary/aromatic N) is 6. The molecular weight excluding hydrogens is 829 g/mol. The summed E-state index contributed by atoms with van der Waals surface area (Å²) in [5.74, 6) is 0. The van der Waals surface area contributed by atoms with Crippen molar-refractivity contribution in [2.24, 2.45) is 0 Å². The quantitative estimate of drug-likeness (QED) is 0.155. The number of fused-ring (bicyclic) bond motifs is 7. The van der Waals surface area contributed by atoms with Crippen LogP contribution in [0.3, 0.4) is 0 Å². The molecule has 0 bridgehead atoms. The van der Waals surface area contributed by atoms with Gasteiger partial charge in [0.1, 0.15) is 0 Å². The number of benzene rings is 10. The highest BCUT2D eigenvalue weighted by Crippen LogP contribution is 2.49. The highest BCUT2D eigenvalue weighted by Gasteiger charge is 2.27. The fourth-order valence-corrected chi connectivity index (χ4v) is 10.4. The Morgan fingerprint density at radius 1 is 0.265 bits per heavy atom. The van der Waals surface area contributed by atoms with E-state index in [1.165, 1.54) is 0 Å². The molecule has 12 aromatic rings. The molecule has 2 aromatic heterocycles. The maximum atomic E-state index is 10.2. The van der Waals surface area contributed by atoms with Crippen LogP contribution in [-0.4, -0.2) is 9.13 Å². The maximum Gasteiger partial charge on any atom is 0.0991 e. The average Bonchev–Trinajstić information content (AvgIpc) is 3.94. The van der Waals surface area contributed by atoms with Crippen molar-refractivity contribution in [3.8, 4) is 80.4 Å². The lowest BCUT2D eigenvalue weighted by atomic mass is 9.93. The molecule has 0 unspecified atom stereocenters. The number of hydrogen-bond donors (Lipinski definition) is 0. The van der Waals surface area contributed by atoms with E-state index in [4.69, 9.17) is 0 Å². The van der Waals surface area contributed by atoms with Crippen molar-refractivity contribution in [3.63, 3.8) is 0 Å². The zero-order valence-corrected chi connectivity index (χ0v) is 36.3. The Bertz CT molecular complexity index is 3990. The molecule has 0 spiro atoms. The van der Waals surface area contributed by atoms with Crippen LogP contribution in [0.5, 0.6) is 0 Å². The summed E-state index contributed by atoms with van der Waals surface area (Å²) in [6.45, 7) is 0. The molecule has 0 aliphatic carbocycles. The standard InChI is InChI=1S/C62H34N6/c63-35-39-13-9-17-43(29-39)59-51-25-5-7-27-55(51)67(61(59)45-19-11-15-41(31-45)37-65)57-34-54-48-22-2-4-24-50(48)58(33-53(54)47-21-1-3-23-49(47)57)68-56-28-8-6-26-52(56)60(44-18-10-14-40(30-44)36-64)62(68)46-20-12-16-42(32-46)38-66/h1-34H. The number of rotatable bonds is 6. The molecule has 10 aromatic carbocycles. The third-order valence-corrected chi connectivity index (χ3v) is 13.2. The molecular formula is C62H34N6. The van der Waals surface area contributed by atoms with Crippen LogP contribution in [0.1, 0.15) is 22.3 Å². The number of nitriles is 4. The van der Waals surface area contributed by atoms with Crippen molar-refractivity contribution in [2.45, 2.75) is 0 Å². The molecule has 0 aliphatic heterocycles. The Morgan fingerprint density at radius 3 is 0.941 bits per heavy atom. The SMILES string of the molecule is N#Cc1cccc(-c2c(-c3cccc(C#N)c3)n(-c3cc4c5ccccc5c(-n5c(-c6cccc(C#N)c6)c(-c6cccc(C#N)c6)c6ccccc65)cc4c4ccccc34)c3ccccc23)c1. The summed E-state index contributed by atoms with van der Waals surface area (Å²) in [4.78, 5) is 0. The van der Waals surface area contributed by atoms with E-state index < -0.39 is 0 Å². The molecule has 0 N–H and O–H groups in total. The second-order valence-electron chi connectivity index (χ2n) is 16.9. The Hall–Kier alpha value is -9.98. The van der Waals surface area contributed by atoms with Crippen molar-refractivity contribution in [1.82, 2.24) is 9.13 Å². The Balaban J connectivity index is 1.23. The van der Waals surface area contributed by atoms with E-state index >= 15 is 0 Å². The van der Waals surface area contributed by atoms with E-state index in [2.05, 4.69) is 167 Å². The summed E-state index contributed by atoms with van der Waals surface area (Å²) in [6.07, 6.45) is 0. The van der Waals surface area contributed by atoms with Gasteiger partial charge in [0.15, 0.2) is 0 Å². The molecule has 312 valence electrons. The molecule has 0 saturated carbocycles. The van der Waals surface area contributed by atoms with E-state index in [0.29, 0.717) is 22.3 Å².